The van der Waals surface area contributed by atoms with E-state index >= 15 is 0 Å². The number of benzene rings is 1. The van der Waals surface area contributed by atoms with Gasteiger partial charge in [0.25, 0.3) is 0 Å². The number of hydrogen-bond acceptors (Lipinski definition) is 3. The van der Waals surface area contributed by atoms with Crippen LogP contribution in [0.3, 0.4) is 0 Å². The molecule has 0 bridgehead atoms. The van der Waals surface area contributed by atoms with Gasteiger partial charge in [0.15, 0.2) is 0 Å². The van der Waals surface area contributed by atoms with Gasteiger partial charge in [0.05, 0.1) is 11.4 Å². The van der Waals surface area contributed by atoms with Crippen LogP contribution < -0.4 is 10.0 Å². The molecule has 21 heavy (non-hydrogen) atoms. The molecule has 0 aliphatic rings. The molecule has 0 aliphatic carbocycles. The van der Waals surface area contributed by atoms with Gasteiger partial charge in [-0.2, -0.15) is 8.78 Å². The molecule has 0 aromatic heterocycles. The normalized spacial score (nSPS) is 12.9. The topological polar surface area (TPSA) is 58.2 Å². The van der Waals surface area contributed by atoms with Gasteiger partial charge in [0, 0.05) is 11.0 Å². The SMILES string of the molecule is CNCc1ccc(Br)c(S(=O)(=O)NCC(F)(F)C(F)F)c1. The quantitative estimate of drug-likeness (QED) is 0.700. The Hall–Kier alpha value is -0.710. The third kappa shape index (κ3) is 4.90. The molecule has 0 unspecified atom stereocenters. The number of nitrogens with one attached hydrogen (secondary N) is 2. The number of hydrogen-bond donors (Lipinski definition) is 2. The summed E-state index contributed by atoms with van der Waals surface area (Å²) in [7, 11) is -2.69. The molecular formula is C11H13BrF4N2O2S. The van der Waals surface area contributed by atoms with Crippen molar-refractivity contribution in [1.82, 2.24) is 10.0 Å². The van der Waals surface area contributed by atoms with Crippen LogP contribution in [0.15, 0.2) is 27.6 Å². The first kappa shape index (κ1) is 18.3. The average molecular weight is 393 g/mol. The summed E-state index contributed by atoms with van der Waals surface area (Å²) in [6, 6.07) is 4.34. The van der Waals surface area contributed by atoms with Crippen LogP contribution in [0.1, 0.15) is 5.56 Å². The number of sulfonamides is 1. The third-order valence-electron chi connectivity index (χ3n) is 2.48. The first-order chi connectivity index (χ1) is 9.60. The highest BCUT2D eigenvalue weighted by Gasteiger charge is 2.41. The second-order valence-corrected chi connectivity index (χ2v) is 6.77. The highest BCUT2D eigenvalue weighted by molar-refractivity contribution is 9.10. The van der Waals surface area contributed by atoms with E-state index in [0.29, 0.717) is 12.1 Å². The molecule has 0 saturated carbocycles. The first-order valence-electron chi connectivity index (χ1n) is 5.69. The van der Waals surface area contributed by atoms with Crippen molar-refractivity contribution in [2.24, 2.45) is 0 Å². The Morgan fingerprint density at radius 3 is 2.48 bits per heavy atom. The van der Waals surface area contributed by atoms with Crippen molar-refractivity contribution in [2.75, 3.05) is 13.6 Å². The maximum absolute atomic E-state index is 12.8. The first-order valence-corrected chi connectivity index (χ1v) is 7.96. The number of rotatable bonds is 7. The van der Waals surface area contributed by atoms with Crippen LogP contribution in [0.25, 0.3) is 0 Å². The Morgan fingerprint density at radius 2 is 1.95 bits per heavy atom. The molecule has 0 aliphatic heterocycles. The molecule has 0 heterocycles. The lowest BCUT2D eigenvalue weighted by molar-refractivity contribution is -0.122. The highest BCUT2D eigenvalue weighted by atomic mass is 79.9. The van der Waals surface area contributed by atoms with Crippen molar-refractivity contribution in [1.29, 1.82) is 0 Å². The van der Waals surface area contributed by atoms with Crippen molar-refractivity contribution >= 4 is 26.0 Å². The van der Waals surface area contributed by atoms with E-state index in [0.717, 1.165) is 0 Å². The van der Waals surface area contributed by atoms with Gasteiger partial charge in [-0.15, -0.1) is 0 Å². The lowest BCUT2D eigenvalue weighted by Crippen LogP contribution is -2.41. The lowest BCUT2D eigenvalue weighted by Gasteiger charge is -2.16. The fourth-order valence-corrected chi connectivity index (χ4v) is 3.47. The van der Waals surface area contributed by atoms with Gasteiger partial charge >= 0.3 is 12.3 Å². The minimum atomic E-state index is -4.43. The van der Waals surface area contributed by atoms with Gasteiger partial charge in [-0.1, -0.05) is 6.07 Å². The molecule has 1 aromatic carbocycles. The van der Waals surface area contributed by atoms with Gasteiger partial charge < -0.3 is 5.32 Å². The van der Waals surface area contributed by atoms with Crippen molar-refractivity contribution in [3.8, 4) is 0 Å². The fraction of sp³-hybridized carbons (Fsp3) is 0.455. The van der Waals surface area contributed by atoms with Crippen LogP contribution in [0.2, 0.25) is 0 Å². The van der Waals surface area contributed by atoms with Gasteiger partial charge in [-0.25, -0.2) is 21.9 Å². The highest BCUT2D eigenvalue weighted by Crippen LogP contribution is 2.25. The van der Waals surface area contributed by atoms with E-state index in [-0.39, 0.29) is 9.37 Å². The second-order valence-electron chi connectivity index (χ2n) is 4.18. The molecule has 10 heteroatoms. The van der Waals surface area contributed by atoms with Crippen LogP contribution in [-0.4, -0.2) is 34.4 Å². The molecule has 0 fully saturated rings. The molecule has 0 saturated heterocycles. The molecule has 1 rings (SSSR count). The largest absolute Gasteiger partial charge is 0.320 e. The summed E-state index contributed by atoms with van der Waals surface area (Å²) in [5.74, 6) is -4.43. The fourth-order valence-electron chi connectivity index (χ4n) is 1.41. The monoisotopic (exact) mass is 392 g/mol. The van der Waals surface area contributed by atoms with E-state index in [2.05, 4.69) is 21.2 Å². The Balaban J connectivity index is 3.00. The molecule has 2 N–H and O–H groups in total. The maximum atomic E-state index is 12.8. The summed E-state index contributed by atoms with van der Waals surface area (Å²) < 4.78 is 75.2. The molecule has 4 nitrogen and oxygen atoms in total. The Morgan fingerprint density at radius 1 is 1.33 bits per heavy atom. The molecular weight excluding hydrogens is 380 g/mol. The Kier molecular flexibility index (Phi) is 6.14. The molecule has 0 atom stereocenters. The molecule has 0 spiro atoms. The summed E-state index contributed by atoms with van der Waals surface area (Å²) in [4.78, 5) is -0.291. The number of halogens is 5. The molecule has 1 aromatic rings. The van der Waals surface area contributed by atoms with Crippen LogP contribution in [0, 0.1) is 0 Å². The standard InChI is InChI=1S/C11H13BrF4N2O2S/c1-17-5-7-2-3-8(12)9(4-7)21(19,20)18-6-11(15,16)10(13)14/h2-4,10,17-18H,5-6H2,1H3. The zero-order chi connectivity index (χ0) is 16.3. The van der Waals surface area contributed by atoms with E-state index in [9.17, 15) is 26.0 Å². The Bertz CT molecular complexity index is 596. The van der Waals surface area contributed by atoms with Crippen molar-refractivity contribution < 1.29 is 26.0 Å². The van der Waals surface area contributed by atoms with Crippen LogP contribution in [0.4, 0.5) is 17.6 Å². The van der Waals surface area contributed by atoms with Crippen LogP contribution >= 0.6 is 15.9 Å². The van der Waals surface area contributed by atoms with E-state index in [4.69, 9.17) is 0 Å². The summed E-state index contributed by atoms with van der Waals surface area (Å²) in [6.45, 7) is -1.31. The third-order valence-corrected chi connectivity index (χ3v) is 4.88. The van der Waals surface area contributed by atoms with E-state index in [1.807, 2.05) is 0 Å². The van der Waals surface area contributed by atoms with Gasteiger partial charge in [-0.3, -0.25) is 0 Å². The van der Waals surface area contributed by atoms with Gasteiger partial charge in [-0.05, 0) is 40.7 Å². The smallest absolute Gasteiger partial charge is 0.316 e. The second kappa shape index (κ2) is 7.03. The van der Waals surface area contributed by atoms with Crippen LogP contribution in [0.5, 0.6) is 0 Å². The van der Waals surface area contributed by atoms with Crippen molar-refractivity contribution in [3.05, 3.63) is 28.2 Å². The average Bonchev–Trinajstić information content (AvgIpc) is 2.39. The lowest BCUT2D eigenvalue weighted by atomic mass is 10.2. The Labute approximate surface area is 128 Å². The summed E-state index contributed by atoms with van der Waals surface area (Å²) in [6.07, 6.45) is -3.95. The molecule has 120 valence electrons. The number of alkyl halides is 4. The van der Waals surface area contributed by atoms with Crippen molar-refractivity contribution in [2.45, 2.75) is 23.8 Å². The zero-order valence-corrected chi connectivity index (χ0v) is 13.2. The van der Waals surface area contributed by atoms with E-state index < -0.39 is 28.9 Å². The summed E-state index contributed by atoms with van der Waals surface area (Å²) in [5.41, 5.74) is 0.599. The van der Waals surface area contributed by atoms with Gasteiger partial charge in [0.2, 0.25) is 10.0 Å². The molecule has 0 amide bonds. The summed E-state index contributed by atoms with van der Waals surface area (Å²) in [5, 5.41) is 2.80. The minimum absolute atomic E-state index is 0.148. The predicted octanol–water partition coefficient (Wildman–Crippen LogP) is 2.35. The van der Waals surface area contributed by atoms with Crippen LogP contribution in [-0.2, 0) is 16.6 Å². The molecule has 0 radical (unpaired) electrons. The summed E-state index contributed by atoms with van der Waals surface area (Å²) >= 11 is 2.99. The van der Waals surface area contributed by atoms with Crippen molar-refractivity contribution in [3.63, 3.8) is 0 Å². The minimum Gasteiger partial charge on any atom is -0.316 e. The maximum Gasteiger partial charge on any atom is 0.320 e. The van der Waals surface area contributed by atoms with E-state index in [1.54, 1.807) is 13.1 Å². The van der Waals surface area contributed by atoms with E-state index in [1.165, 1.54) is 16.9 Å². The predicted molar refractivity (Wildman–Crippen MR) is 73.0 cm³/mol. The zero-order valence-electron chi connectivity index (χ0n) is 10.8. The van der Waals surface area contributed by atoms with Gasteiger partial charge in [0.1, 0.15) is 0 Å².